The summed E-state index contributed by atoms with van der Waals surface area (Å²) in [7, 11) is 0. The molecule has 1 aromatic carbocycles. The van der Waals surface area contributed by atoms with Crippen LogP contribution in [-0.4, -0.2) is 24.1 Å². The SMILES string of the molecule is [C-]#[N+]C1CCN(c2ccc3c(c2)CCc2cccnc2N3)CC1. The Labute approximate surface area is 137 Å². The summed E-state index contributed by atoms with van der Waals surface area (Å²) in [6.45, 7) is 9.15. The van der Waals surface area contributed by atoms with Crippen molar-refractivity contribution in [2.45, 2.75) is 31.7 Å². The fourth-order valence-corrected chi connectivity index (χ4v) is 3.51. The van der Waals surface area contributed by atoms with Crippen LogP contribution >= 0.6 is 0 Å². The zero-order valence-corrected chi connectivity index (χ0v) is 13.1. The van der Waals surface area contributed by atoms with Crippen molar-refractivity contribution in [1.29, 1.82) is 0 Å². The molecule has 2 aliphatic heterocycles. The molecule has 1 saturated heterocycles. The lowest BCUT2D eigenvalue weighted by molar-refractivity contribution is 0.548. The van der Waals surface area contributed by atoms with Gasteiger partial charge >= 0.3 is 0 Å². The Hall–Kier alpha value is -2.54. The van der Waals surface area contributed by atoms with Crippen LogP contribution in [-0.2, 0) is 12.8 Å². The van der Waals surface area contributed by atoms with E-state index in [1.807, 2.05) is 12.3 Å². The molecule has 1 fully saturated rings. The van der Waals surface area contributed by atoms with Gasteiger partial charge in [-0.2, -0.15) is 0 Å². The van der Waals surface area contributed by atoms with Crippen molar-refractivity contribution in [3.63, 3.8) is 0 Å². The molecule has 0 amide bonds. The van der Waals surface area contributed by atoms with Crippen LogP contribution in [0.3, 0.4) is 0 Å². The summed E-state index contributed by atoms with van der Waals surface area (Å²) in [5.74, 6) is 0.983. The molecule has 23 heavy (non-hydrogen) atoms. The molecule has 2 aromatic rings. The minimum atomic E-state index is 0.217. The van der Waals surface area contributed by atoms with E-state index in [1.165, 1.54) is 22.5 Å². The number of anilines is 3. The third-order valence-electron chi connectivity index (χ3n) is 4.91. The lowest BCUT2D eigenvalue weighted by Crippen LogP contribution is -2.34. The van der Waals surface area contributed by atoms with E-state index in [0.717, 1.165) is 44.6 Å². The Bertz CT molecular complexity index is 754. The van der Waals surface area contributed by atoms with Gasteiger partial charge in [0.2, 0.25) is 6.04 Å². The third-order valence-corrected chi connectivity index (χ3v) is 4.91. The van der Waals surface area contributed by atoms with E-state index < -0.39 is 0 Å². The molecule has 1 N–H and O–H groups in total. The van der Waals surface area contributed by atoms with Gasteiger partial charge in [-0.1, -0.05) is 6.07 Å². The van der Waals surface area contributed by atoms with Crippen LogP contribution in [0.15, 0.2) is 36.5 Å². The second-order valence-corrected chi connectivity index (χ2v) is 6.32. The van der Waals surface area contributed by atoms with Gasteiger partial charge in [0.25, 0.3) is 0 Å². The minimum Gasteiger partial charge on any atom is -0.371 e. The van der Waals surface area contributed by atoms with Gasteiger partial charge in [-0.3, -0.25) is 0 Å². The molecule has 1 aromatic heterocycles. The van der Waals surface area contributed by atoms with Gasteiger partial charge in [0.1, 0.15) is 5.82 Å². The fourth-order valence-electron chi connectivity index (χ4n) is 3.51. The number of piperidine rings is 1. The summed E-state index contributed by atoms with van der Waals surface area (Å²) in [5, 5.41) is 3.48. The topological polar surface area (TPSA) is 32.5 Å². The Kier molecular flexibility index (Phi) is 3.63. The highest BCUT2D eigenvalue weighted by molar-refractivity contribution is 5.68. The highest BCUT2D eigenvalue weighted by Gasteiger charge is 2.23. The van der Waals surface area contributed by atoms with Gasteiger partial charge in [-0.05, 0) is 48.2 Å². The van der Waals surface area contributed by atoms with Crippen LogP contribution in [0.4, 0.5) is 17.2 Å². The number of fused-ring (bicyclic) bond motifs is 2. The summed E-state index contributed by atoms with van der Waals surface area (Å²) < 4.78 is 0. The van der Waals surface area contributed by atoms with Gasteiger partial charge < -0.3 is 15.1 Å². The third kappa shape index (κ3) is 2.75. The van der Waals surface area contributed by atoms with Crippen molar-refractivity contribution < 1.29 is 0 Å². The van der Waals surface area contributed by atoms with Crippen LogP contribution in [0.1, 0.15) is 24.0 Å². The lowest BCUT2D eigenvalue weighted by atomic mass is 10.0. The molecule has 4 rings (SSSR count). The van der Waals surface area contributed by atoms with E-state index in [1.54, 1.807) is 0 Å². The van der Waals surface area contributed by atoms with E-state index in [4.69, 9.17) is 6.57 Å². The van der Waals surface area contributed by atoms with Crippen molar-refractivity contribution in [3.05, 3.63) is 59.1 Å². The number of pyridine rings is 1. The maximum absolute atomic E-state index is 7.17. The van der Waals surface area contributed by atoms with Crippen molar-refractivity contribution in [1.82, 2.24) is 4.98 Å². The molecule has 0 aliphatic carbocycles. The molecule has 0 radical (unpaired) electrons. The smallest absolute Gasteiger partial charge is 0.227 e. The number of nitrogens with one attached hydrogen (secondary N) is 1. The highest BCUT2D eigenvalue weighted by Crippen LogP contribution is 2.32. The monoisotopic (exact) mass is 304 g/mol. The zero-order valence-electron chi connectivity index (χ0n) is 13.1. The summed E-state index contributed by atoms with van der Waals surface area (Å²) in [5.41, 5.74) is 5.09. The standard InChI is InChI=1S/C19H20N4/c1-20-16-8-11-23(12-9-16)17-6-7-18-15(13-17)5-4-14-3-2-10-21-19(14)22-18/h2-3,6-7,10,13,16H,4-5,8-9,11-12H2,(H,21,22). The normalized spacial score (nSPS) is 17.4. The van der Waals surface area contributed by atoms with Crippen molar-refractivity contribution in [2.24, 2.45) is 0 Å². The number of aromatic nitrogens is 1. The Morgan fingerprint density at radius 1 is 1.13 bits per heavy atom. The first kappa shape index (κ1) is 14.1. The first-order valence-corrected chi connectivity index (χ1v) is 8.29. The van der Waals surface area contributed by atoms with Crippen LogP contribution in [0.5, 0.6) is 0 Å². The second kappa shape index (κ2) is 5.92. The quantitative estimate of drug-likeness (QED) is 0.813. The molecule has 116 valence electrons. The maximum Gasteiger partial charge on any atom is 0.227 e. The van der Waals surface area contributed by atoms with Gasteiger partial charge in [0, 0.05) is 43.5 Å². The minimum absolute atomic E-state index is 0.217. The van der Waals surface area contributed by atoms with E-state index in [2.05, 4.69) is 44.3 Å². The molecule has 4 nitrogen and oxygen atoms in total. The Balaban J connectivity index is 1.57. The summed E-state index contributed by atoms with van der Waals surface area (Å²) >= 11 is 0. The average molecular weight is 304 g/mol. The van der Waals surface area contributed by atoms with E-state index in [0.29, 0.717) is 0 Å². The number of benzene rings is 1. The lowest BCUT2D eigenvalue weighted by Gasteiger charge is -2.30. The summed E-state index contributed by atoms with van der Waals surface area (Å²) in [6.07, 6.45) is 5.86. The van der Waals surface area contributed by atoms with Crippen molar-refractivity contribution >= 4 is 17.2 Å². The largest absolute Gasteiger partial charge is 0.371 e. The average Bonchev–Trinajstić information content (AvgIpc) is 2.80. The summed E-state index contributed by atoms with van der Waals surface area (Å²) in [6, 6.07) is 11.1. The number of nitrogens with zero attached hydrogens (tertiary/aromatic N) is 3. The van der Waals surface area contributed by atoms with E-state index in [9.17, 15) is 0 Å². The second-order valence-electron chi connectivity index (χ2n) is 6.32. The molecule has 2 aliphatic rings. The number of hydrogen-bond acceptors (Lipinski definition) is 3. The van der Waals surface area contributed by atoms with Gasteiger partial charge in [-0.15, -0.1) is 0 Å². The van der Waals surface area contributed by atoms with Crippen LogP contribution in [0.25, 0.3) is 4.85 Å². The molecule has 0 unspecified atom stereocenters. The molecular formula is C19H20N4. The maximum atomic E-state index is 7.17. The van der Waals surface area contributed by atoms with E-state index >= 15 is 0 Å². The molecule has 0 atom stereocenters. The number of aryl methyl sites for hydroxylation is 2. The molecule has 0 saturated carbocycles. The van der Waals surface area contributed by atoms with Gasteiger partial charge in [0.15, 0.2) is 0 Å². The van der Waals surface area contributed by atoms with Gasteiger partial charge in [-0.25, -0.2) is 11.6 Å². The van der Waals surface area contributed by atoms with Crippen molar-refractivity contribution in [3.8, 4) is 0 Å². The van der Waals surface area contributed by atoms with Crippen LogP contribution in [0.2, 0.25) is 0 Å². The first-order valence-electron chi connectivity index (χ1n) is 8.29. The number of rotatable bonds is 1. The predicted molar refractivity (Wildman–Crippen MR) is 93.2 cm³/mol. The molecule has 0 bridgehead atoms. The predicted octanol–water partition coefficient (Wildman–Crippen LogP) is 3.81. The number of hydrogen-bond donors (Lipinski definition) is 1. The molecule has 0 spiro atoms. The van der Waals surface area contributed by atoms with E-state index in [-0.39, 0.29) is 6.04 Å². The summed E-state index contributed by atoms with van der Waals surface area (Å²) in [4.78, 5) is 10.6. The zero-order chi connectivity index (χ0) is 15.6. The van der Waals surface area contributed by atoms with Gasteiger partial charge in [0.05, 0.1) is 0 Å². The first-order chi connectivity index (χ1) is 11.3. The highest BCUT2D eigenvalue weighted by atomic mass is 15.1. The van der Waals surface area contributed by atoms with Crippen molar-refractivity contribution in [2.75, 3.05) is 23.3 Å². The molecular weight excluding hydrogens is 284 g/mol. The Morgan fingerprint density at radius 3 is 2.78 bits per heavy atom. The fraction of sp³-hybridized carbons (Fsp3) is 0.368. The Morgan fingerprint density at radius 2 is 1.96 bits per heavy atom. The van der Waals surface area contributed by atoms with Crippen LogP contribution in [0, 0.1) is 6.57 Å². The van der Waals surface area contributed by atoms with Crippen LogP contribution < -0.4 is 10.2 Å². The molecule has 4 heteroatoms. The molecule has 3 heterocycles.